The van der Waals surface area contributed by atoms with Gasteiger partial charge in [-0.1, -0.05) is 60.7 Å². The van der Waals surface area contributed by atoms with Crippen LogP contribution >= 0.6 is 0 Å². The first-order valence-electron chi connectivity index (χ1n) is 10.1. The lowest BCUT2D eigenvalue weighted by molar-refractivity contribution is -0.552. The van der Waals surface area contributed by atoms with Crippen LogP contribution in [0.1, 0.15) is 21.6 Å². The SMILES string of the molecule is O=C1C(Cc2cncc(F)c2)Nc2c(Cc3ccccc3)nc(-c3ccccc3)c[n+]21. The number of nitrogens with one attached hydrogen (secondary N) is 1. The normalized spacial score (nSPS) is 14.9. The minimum atomic E-state index is -0.508. The van der Waals surface area contributed by atoms with Gasteiger partial charge in [-0.25, -0.2) is 14.2 Å². The molecular formula is C25H20FN4O+. The van der Waals surface area contributed by atoms with Gasteiger partial charge in [-0.2, -0.15) is 4.57 Å². The lowest BCUT2D eigenvalue weighted by Crippen LogP contribution is -2.44. The zero-order valence-corrected chi connectivity index (χ0v) is 16.7. The van der Waals surface area contributed by atoms with Crippen LogP contribution in [-0.4, -0.2) is 21.9 Å². The summed E-state index contributed by atoms with van der Waals surface area (Å²) in [6, 6.07) is 20.7. The minimum absolute atomic E-state index is 0.0897. The zero-order valence-electron chi connectivity index (χ0n) is 16.7. The van der Waals surface area contributed by atoms with Crippen molar-refractivity contribution >= 4 is 11.7 Å². The van der Waals surface area contributed by atoms with Crippen molar-refractivity contribution in [2.75, 3.05) is 5.32 Å². The topological polar surface area (TPSA) is 58.8 Å². The maximum absolute atomic E-state index is 13.6. The maximum atomic E-state index is 13.6. The van der Waals surface area contributed by atoms with Crippen LogP contribution < -0.4 is 9.88 Å². The molecule has 1 N–H and O–H groups in total. The summed E-state index contributed by atoms with van der Waals surface area (Å²) in [5.74, 6) is 0.182. The zero-order chi connectivity index (χ0) is 21.2. The molecule has 4 aromatic rings. The van der Waals surface area contributed by atoms with Gasteiger partial charge in [0.15, 0.2) is 6.04 Å². The van der Waals surface area contributed by atoms with E-state index < -0.39 is 11.9 Å². The van der Waals surface area contributed by atoms with Crippen molar-refractivity contribution in [2.24, 2.45) is 0 Å². The molecule has 6 heteroatoms. The van der Waals surface area contributed by atoms with Crippen molar-refractivity contribution < 1.29 is 13.8 Å². The third-order valence-electron chi connectivity index (χ3n) is 5.35. The Labute approximate surface area is 179 Å². The Morgan fingerprint density at radius 1 is 0.968 bits per heavy atom. The minimum Gasteiger partial charge on any atom is -0.261 e. The highest BCUT2D eigenvalue weighted by atomic mass is 19.1. The van der Waals surface area contributed by atoms with E-state index in [1.54, 1.807) is 17.0 Å². The Hall–Kier alpha value is -3.93. The maximum Gasteiger partial charge on any atom is 0.359 e. The van der Waals surface area contributed by atoms with Gasteiger partial charge in [0, 0.05) is 24.6 Å². The van der Waals surface area contributed by atoms with E-state index in [9.17, 15) is 9.18 Å². The summed E-state index contributed by atoms with van der Waals surface area (Å²) >= 11 is 0. The van der Waals surface area contributed by atoms with E-state index in [1.165, 1.54) is 6.07 Å². The smallest absolute Gasteiger partial charge is 0.261 e. The second-order valence-electron chi connectivity index (χ2n) is 7.57. The molecule has 1 aliphatic heterocycles. The van der Waals surface area contributed by atoms with Gasteiger partial charge < -0.3 is 0 Å². The molecule has 0 bridgehead atoms. The molecule has 0 amide bonds. The van der Waals surface area contributed by atoms with Gasteiger partial charge in [-0.3, -0.25) is 10.3 Å². The van der Waals surface area contributed by atoms with E-state index in [1.807, 2.05) is 60.7 Å². The molecule has 31 heavy (non-hydrogen) atoms. The number of carbonyl (C=O) groups is 1. The van der Waals surface area contributed by atoms with Gasteiger partial charge in [0.25, 0.3) is 0 Å². The van der Waals surface area contributed by atoms with Crippen LogP contribution in [0.25, 0.3) is 11.3 Å². The summed E-state index contributed by atoms with van der Waals surface area (Å²) in [4.78, 5) is 22.0. The summed E-state index contributed by atoms with van der Waals surface area (Å²) in [7, 11) is 0. The number of aromatic nitrogens is 3. The van der Waals surface area contributed by atoms with Gasteiger partial charge in [0.05, 0.1) is 6.20 Å². The molecule has 0 fully saturated rings. The van der Waals surface area contributed by atoms with E-state index >= 15 is 0 Å². The van der Waals surface area contributed by atoms with Crippen LogP contribution in [0, 0.1) is 5.82 Å². The Balaban J connectivity index is 1.54. The number of anilines is 1. The molecule has 5 nitrogen and oxygen atoms in total. The number of pyridine rings is 1. The average molecular weight is 411 g/mol. The molecule has 0 saturated carbocycles. The Morgan fingerprint density at radius 2 is 1.71 bits per heavy atom. The first-order chi connectivity index (χ1) is 15.2. The van der Waals surface area contributed by atoms with Crippen molar-refractivity contribution in [3.05, 3.63) is 108 Å². The molecule has 2 aromatic carbocycles. The van der Waals surface area contributed by atoms with Crippen molar-refractivity contribution in [3.63, 3.8) is 0 Å². The van der Waals surface area contributed by atoms with Gasteiger partial charge in [-0.15, -0.1) is 0 Å². The number of rotatable bonds is 5. The average Bonchev–Trinajstić information content (AvgIpc) is 3.11. The van der Waals surface area contributed by atoms with Crippen LogP contribution in [0.15, 0.2) is 85.3 Å². The monoisotopic (exact) mass is 411 g/mol. The van der Waals surface area contributed by atoms with Crippen LogP contribution in [0.3, 0.4) is 0 Å². The quantitative estimate of drug-likeness (QED) is 0.507. The second kappa shape index (κ2) is 8.07. The second-order valence-corrected chi connectivity index (χ2v) is 7.57. The van der Waals surface area contributed by atoms with Gasteiger partial charge in [-0.05, 0) is 17.2 Å². The number of hydrogen-bond donors (Lipinski definition) is 1. The number of nitrogens with zero attached hydrogens (tertiary/aromatic N) is 3. The summed E-state index contributed by atoms with van der Waals surface area (Å²) in [5, 5.41) is 3.32. The molecule has 0 aliphatic carbocycles. The number of benzene rings is 2. The Bertz CT molecular complexity index is 1250. The molecule has 1 aliphatic rings. The Morgan fingerprint density at radius 3 is 2.45 bits per heavy atom. The number of halogens is 1. The van der Waals surface area contributed by atoms with E-state index in [-0.39, 0.29) is 5.91 Å². The molecule has 5 rings (SSSR count). The number of carbonyl (C=O) groups excluding carboxylic acids is 1. The molecule has 0 radical (unpaired) electrons. The van der Waals surface area contributed by atoms with Gasteiger partial charge in [0.2, 0.25) is 0 Å². The molecule has 0 spiro atoms. The first kappa shape index (κ1) is 19.1. The lowest BCUT2D eigenvalue weighted by atomic mass is 10.1. The molecule has 152 valence electrons. The molecule has 1 unspecified atom stereocenters. The summed E-state index contributed by atoms with van der Waals surface area (Å²) < 4.78 is 15.2. The highest BCUT2D eigenvalue weighted by Gasteiger charge is 2.41. The van der Waals surface area contributed by atoms with Crippen molar-refractivity contribution in [2.45, 2.75) is 18.9 Å². The molecule has 3 heterocycles. The fraction of sp³-hybridized carbons (Fsp3) is 0.120. The predicted molar refractivity (Wildman–Crippen MR) is 115 cm³/mol. The van der Waals surface area contributed by atoms with Crippen LogP contribution in [0.4, 0.5) is 10.2 Å². The molecular weight excluding hydrogens is 391 g/mol. The fourth-order valence-corrected chi connectivity index (χ4v) is 3.88. The fourth-order valence-electron chi connectivity index (χ4n) is 3.88. The van der Waals surface area contributed by atoms with Gasteiger partial charge >= 0.3 is 11.7 Å². The summed E-state index contributed by atoms with van der Waals surface area (Å²) in [6.45, 7) is 0. The van der Waals surface area contributed by atoms with Crippen LogP contribution in [0.2, 0.25) is 0 Å². The number of hydrogen-bond acceptors (Lipinski definition) is 4. The van der Waals surface area contributed by atoms with Crippen molar-refractivity contribution in [1.82, 2.24) is 9.97 Å². The highest BCUT2D eigenvalue weighted by Crippen LogP contribution is 2.24. The molecule has 1 atom stereocenters. The van der Waals surface area contributed by atoms with Crippen LogP contribution in [0.5, 0.6) is 0 Å². The van der Waals surface area contributed by atoms with Crippen molar-refractivity contribution in [1.29, 1.82) is 0 Å². The highest BCUT2D eigenvalue weighted by molar-refractivity contribution is 5.82. The van der Waals surface area contributed by atoms with E-state index in [4.69, 9.17) is 4.98 Å². The lowest BCUT2D eigenvalue weighted by Gasteiger charge is -2.07. The summed E-state index contributed by atoms with van der Waals surface area (Å²) in [5.41, 5.74) is 4.24. The predicted octanol–water partition coefficient (Wildman–Crippen LogP) is 3.84. The number of fused-ring (bicyclic) bond motifs is 1. The first-order valence-corrected chi connectivity index (χ1v) is 10.1. The van der Waals surface area contributed by atoms with Gasteiger partial charge in [0.1, 0.15) is 23.4 Å². The third-order valence-corrected chi connectivity index (χ3v) is 5.35. The third kappa shape index (κ3) is 3.92. The standard InChI is InChI=1S/C25H19FN4O/c26-20-11-18(14-27-15-20)13-22-25(31)30-16-23(19-9-5-2-6-10-19)28-21(24(30)29-22)12-17-7-3-1-4-8-17/h1-11,14-16,22H,12-13H2/p+1. The molecule has 2 aromatic heterocycles. The van der Waals surface area contributed by atoms with E-state index in [0.29, 0.717) is 24.2 Å². The summed E-state index contributed by atoms with van der Waals surface area (Å²) in [6.07, 6.45) is 5.45. The molecule has 0 saturated heterocycles. The van der Waals surface area contributed by atoms with Crippen LogP contribution in [-0.2, 0) is 12.8 Å². The van der Waals surface area contributed by atoms with Crippen molar-refractivity contribution in [3.8, 4) is 11.3 Å². The Kier molecular flexibility index (Phi) is 4.96. The van der Waals surface area contributed by atoms with E-state index in [2.05, 4.69) is 10.3 Å². The van der Waals surface area contributed by atoms with E-state index in [0.717, 1.165) is 28.7 Å². The largest absolute Gasteiger partial charge is 0.359 e.